The number of nitriles is 1. The summed E-state index contributed by atoms with van der Waals surface area (Å²) in [6.07, 6.45) is 1.85. The Kier molecular flexibility index (Phi) is 4.66. The SMILES string of the molecule is COc1cc(N2Nc3ccc4ccccc4c3N2)ccc1/C=C(\C#N)c1ccccc1. The molecular formula is C26H20N4O. The number of hydrogen-bond donors (Lipinski definition) is 2. The van der Waals surface area contributed by atoms with Crippen LogP contribution in [0.25, 0.3) is 22.4 Å². The van der Waals surface area contributed by atoms with Crippen molar-refractivity contribution >= 4 is 39.5 Å². The molecular weight excluding hydrogens is 384 g/mol. The second-order valence-corrected chi connectivity index (χ2v) is 7.23. The number of benzene rings is 4. The highest BCUT2D eigenvalue weighted by molar-refractivity contribution is 6.03. The van der Waals surface area contributed by atoms with Crippen molar-refractivity contribution in [3.05, 3.63) is 96.1 Å². The third-order valence-corrected chi connectivity index (χ3v) is 5.37. The third kappa shape index (κ3) is 3.41. The maximum absolute atomic E-state index is 9.63. The Balaban J connectivity index is 1.48. The van der Waals surface area contributed by atoms with Crippen LogP contribution in [0.4, 0.5) is 17.1 Å². The first-order valence-corrected chi connectivity index (χ1v) is 9.97. The van der Waals surface area contributed by atoms with E-state index in [1.54, 1.807) is 7.11 Å². The largest absolute Gasteiger partial charge is 0.496 e. The molecule has 5 heteroatoms. The van der Waals surface area contributed by atoms with Crippen molar-refractivity contribution in [3.63, 3.8) is 0 Å². The number of hydrazine groups is 2. The fourth-order valence-electron chi connectivity index (χ4n) is 3.79. The van der Waals surface area contributed by atoms with Gasteiger partial charge in [-0.3, -0.25) is 10.9 Å². The van der Waals surface area contributed by atoms with E-state index in [2.05, 4.69) is 41.2 Å². The second-order valence-electron chi connectivity index (χ2n) is 7.23. The molecule has 0 fully saturated rings. The van der Waals surface area contributed by atoms with E-state index in [1.165, 1.54) is 5.39 Å². The molecule has 0 saturated carbocycles. The van der Waals surface area contributed by atoms with Gasteiger partial charge in [-0.1, -0.05) is 60.7 Å². The number of rotatable bonds is 4. The lowest BCUT2D eigenvalue weighted by Gasteiger charge is -2.20. The minimum absolute atomic E-state index is 0.586. The highest BCUT2D eigenvalue weighted by atomic mass is 16.5. The van der Waals surface area contributed by atoms with Crippen LogP contribution in [0.1, 0.15) is 11.1 Å². The van der Waals surface area contributed by atoms with Crippen molar-refractivity contribution < 1.29 is 4.74 Å². The number of fused-ring (bicyclic) bond motifs is 3. The van der Waals surface area contributed by atoms with Gasteiger partial charge in [0, 0.05) is 17.0 Å². The summed E-state index contributed by atoms with van der Waals surface area (Å²) in [6, 6.07) is 30.3. The molecule has 0 aromatic heterocycles. The van der Waals surface area contributed by atoms with Crippen LogP contribution in [0, 0.1) is 11.3 Å². The van der Waals surface area contributed by atoms with E-state index in [9.17, 15) is 5.26 Å². The van der Waals surface area contributed by atoms with E-state index in [4.69, 9.17) is 4.74 Å². The monoisotopic (exact) mass is 404 g/mol. The summed E-state index contributed by atoms with van der Waals surface area (Å²) < 4.78 is 5.64. The molecule has 5 rings (SSSR count). The van der Waals surface area contributed by atoms with Gasteiger partial charge in [0.05, 0.1) is 35.8 Å². The predicted molar refractivity (Wildman–Crippen MR) is 127 cm³/mol. The highest BCUT2D eigenvalue weighted by Crippen LogP contribution is 2.38. The predicted octanol–water partition coefficient (Wildman–Crippen LogP) is 6.09. The number of ether oxygens (including phenoxy) is 1. The zero-order chi connectivity index (χ0) is 21.2. The second kappa shape index (κ2) is 7.77. The van der Waals surface area contributed by atoms with E-state index in [0.717, 1.165) is 33.6 Å². The van der Waals surface area contributed by atoms with Gasteiger partial charge in [0.25, 0.3) is 0 Å². The van der Waals surface area contributed by atoms with Crippen LogP contribution in [0.3, 0.4) is 0 Å². The molecule has 0 amide bonds. The molecule has 5 nitrogen and oxygen atoms in total. The molecule has 0 bridgehead atoms. The average molecular weight is 404 g/mol. The van der Waals surface area contributed by atoms with E-state index < -0.39 is 0 Å². The smallest absolute Gasteiger partial charge is 0.128 e. The van der Waals surface area contributed by atoms with Crippen LogP contribution in [0.15, 0.2) is 84.9 Å². The summed E-state index contributed by atoms with van der Waals surface area (Å²) in [7, 11) is 1.64. The molecule has 1 aliphatic heterocycles. The molecule has 0 atom stereocenters. The molecule has 31 heavy (non-hydrogen) atoms. The molecule has 4 aromatic carbocycles. The van der Waals surface area contributed by atoms with Crippen LogP contribution >= 0.6 is 0 Å². The summed E-state index contributed by atoms with van der Waals surface area (Å²) >= 11 is 0. The van der Waals surface area contributed by atoms with Crippen LogP contribution < -0.4 is 20.7 Å². The lowest BCUT2D eigenvalue weighted by molar-refractivity contribution is 0.414. The summed E-state index contributed by atoms with van der Waals surface area (Å²) in [5.41, 5.74) is 12.1. The molecule has 150 valence electrons. The molecule has 1 aliphatic rings. The molecule has 0 spiro atoms. The van der Waals surface area contributed by atoms with Crippen molar-refractivity contribution in [2.75, 3.05) is 23.1 Å². The van der Waals surface area contributed by atoms with Gasteiger partial charge in [-0.05, 0) is 35.2 Å². The Hall–Kier alpha value is -4.43. The molecule has 0 saturated heterocycles. The van der Waals surface area contributed by atoms with Crippen molar-refractivity contribution in [1.29, 1.82) is 5.26 Å². The number of allylic oxidation sites excluding steroid dienone is 1. The average Bonchev–Trinajstić information content (AvgIpc) is 3.28. The van der Waals surface area contributed by atoms with Crippen molar-refractivity contribution in [1.82, 2.24) is 0 Å². The first-order chi connectivity index (χ1) is 15.3. The van der Waals surface area contributed by atoms with Crippen LogP contribution in [0.5, 0.6) is 5.75 Å². The zero-order valence-corrected chi connectivity index (χ0v) is 17.0. The van der Waals surface area contributed by atoms with E-state index >= 15 is 0 Å². The number of methoxy groups -OCH3 is 1. The lowest BCUT2D eigenvalue weighted by Crippen LogP contribution is -2.29. The molecule has 0 radical (unpaired) electrons. The first kappa shape index (κ1) is 18.6. The quantitative estimate of drug-likeness (QED) is 0.318. The van der Waals surface area contributed by atoms with Gasteiger partial charge in [0.1, 0.15) is 5.75 Å². The number of nitrogens with one attached hydrogen (secondary N) is 2. The number of hydrogen-bond acceptors (Lipinski definition) is 5. The van der Waals surface area contributed by atoms with Crippen molar-refractivity contribution in [2.24, 2.45) is 0 Å². The standard InChI is InChI=1S/C26H20N4O/c1-31-25-16-22(13-11-20(25)15-21(17-27)18-7-3-2-4-8-18)30-28-24-14-12-19-9-5-6-10-23(19)26(24)29-30/h2-16,28-29H,1H3/b21-15+. The Morgan fingerprint density at radius 2 is 1.74 bits per heavy atom. The normalized spacial score (nSPS) is 12.6. The van der Waals surface area contributed by atoms with Crippen molar-refractivity contribution in [2.45, 2.75) is 0 Å². The maximum Gasteiger partial charge on any atom is 0.128 e. The van der Waals surface area contributed by atoms with Crippen molar-refractivity contribution in [3.8, 4) is 11.8 Å². The van der Waals surface area contributed by atoms with E-state index in [-0.39, 0.29) is 0 Å². The van der Waals surface area contributed by atoms with Gasteiger partial charge in [-0.25, -0.2) is 0 Å². The summed E-state index contributed by atoms with van der Waals surface area (Å²) in [6.45, 7) is 0. The Labute approximate surface area is 180 Å². The van der Waals surface area contributed by atoms with E-state index in [1.807, 2.05) is 71.9 Å². The van der Waals surface area contributed by atoms with Gasteiger partial charge >= 0.3 is 0 Å². The molecule has 0 unspecified atom stereocenters. The Morgan fingerprint density at radius 1 is 0.935 bits per heavy atom. The topological polar surface area (TPSA) is 60.3 Å². The summed E-state index contributed by atoms with van der Waals surface area (Å²) in [5.74, 6) is 0.686. The minimum atomic E-state index is 0.586. The number of anilines is 3. The third-order valence-electron chi connectivity index (χ3n) is 5.37. The maximum atomic E-state index is 9.63. The highest BCUT2D eigenvalue weighted by Gasteiger charge is 2.21. The van der Waals surface area contributed by atoms with Gasteiger partial charge in [-0.15, -0.1) is 0 Å². The zero-order valence-electron chi connectivity index (χ0n) is 17.0. The van der Waals surface area contributed by atoms with Gasteiger partial charge in [0.2, 0.25) is 0 Å². The minimum Gasteiger partial charge on any atom is -0.496 e. The lowest BCUT2D eigenvalue weighted by atomic mass is 10.0. The Morgan fingerprint density at radius 3 is 2.55 bits per heavy atom. The molecule has 2 N–H and O–H groups in total. The van der Waals surface area contributed by atoms with Crippen LogP contribution in [0.2, 0.25) is 0 Å². The number of nitrogens with zero attached hydrogens (tertiary/aromatic N) is 2. The summed E-state index contributed by atoms with van der Waals surface area (Å²) in [4.78, 5) is 0. The molecule has 1 heterocycles. The van der Waals surface area contributed by atoms with Gasteiger partial charge < -0.3 is 4.74 Å². The fourth-order valence-corrected chi connectivity index (χ4v) is 3.79. The first-order valence-electron chi connectivity index (χ1n) is 9.97. The summed E-state index contributed by atoms with van der Waals surface area (Å²) in [5, 5.41) is 13.8. The molecule has 4 aromatic rings. The van der Waals surface area contributed by atoms with Gasteiger partial charge in [0.15, 0.2) is 0 Å². The fraction of sp³-hybridized carbons (Fsp3) is 0.0385. The van der Waals surface area contributed by atoms with E-state index in [0.29, 0.717) is 11.3 Å². The molecule has 0 aliphatic carbocycles. The van der Waals surface area contributed by atoms with Gasteiger partial charge in [-0.2, -0.15) is 10.4 Å². The van der Waals surface area contributed by atoms with Crippen LogP contribution in [-0.4, -0.2) is 7.11 Å². The Bertz CT molecular complexity index is 1340. The van der Waals surface area contributed by atoms with Crippen LogP contribution in [-0.2, 0) is 0 Å².